The van der Waals surface area contributed by atoms with Crippen LogP contribution in [0.15, 0.2) is 47.2 Å². The molecule has 3 N–H and O–H groups in total. The highest BCUT2D eigenvalue weighted by Crippen LogP contribution is 2.32. The summed E-state index contributed by atoms with van der Waals surface area (Å²) in [5.74, 6) is 0. The molecule has 19 heavy (non-hydrogen) atoms. The van der Waals surface area contributed by atoms with E-state index in [0.717, 1.165) is 15.6 Å². The molecule has 1 unspecified atom stereocenters. The molecule has 0 radical (unpaired) electrons. The van der Waals surface area contributed by atoms with E-state index in [2.05, 4.69) is 20.9 Å². The lowest BCUT2D eigenvalue weighted by atomic mass is 9.85. The summed E-state index contributed by atoms with van der Waals surface area (Å²) in [7, 11) is 0. The Labute approximate surface area is 121 Å². The lowest BCUT2D eigenvalue weighted by molar-refractivity contribution is 0.0327. The first-order valence-corrected chi connectivity index (χ1v) is 7.01. The van der Waals surface area contributed by atoms with E-state index in [9.17, 15) is 5.11 Å². The number of halogens is 1. The van der Waals surface area contributed by atoms with Crippen molar-refractivity contribution in [3.8, 4) is 0 Å². The first kappa shape index (κ1) is 14.0. The van der Waals surface area contributed by atoms with Crippen LogP contribution in [0.3, 0.4) is 0 Å². The van der Waals surface area contributed by atoms with Crippen molar-refractivity contribution < 1.29 is 5.11 Å². The molecule has 3 nitrogen and oxygen atoms in total. The van der Waals surface area contributed by atoms with Gasteiger partial charge in [-0.25, -0.2) is 0 Å². The molecule has 0 aliphatic heterocycles. The number of benzene rings is 1. The smallest absolute Gasteiger partial charge is 0.0935 e. The first-order valence-electron chi connectivity index (χ1n) is 6.22. The second-order valence-electron chi connectivity index (χ2n) is 4.65. The second kappa shape index (κ2) is 5.72. The fourth-order valence-corrected chi connectivity index (χ4v) is 2.51. The molecule has 2 aromatic rings. The zero-order valence-corrected chi connectivity index (χ0v) is 12.4. The lowest BCUT2D eigenvalue weighted by Crippen LogP contribution is -2.28. The second-order valence-corrected chi connectivity index (χ2v) is 5.56. The van der Waals surface area contributed by atoms with E-state index >= 15 is 0 Å². The summed E-state index contributed by atoms with van der Waals surface area (Å²) in [5, 5.41) is 10.9. The maximum atomic E-state index is 10.9. The predicted molar refractivity (Wildman–Crippen MR) is 80.7 cm³/mol. The average Bonchev–Trinajstić information content (AvgIpc) is 2.41. The Kier molecular flexibility index (Phi) is 4.22. The van der Waals surface area contributed by atoms with Crippen LogP contribution in [-0.4, -0.2) is 10.1 Å². The molecule has 100 valence electrons. The van der Waals surface area contributed by atoms with Crippen molar-refractivity contribution in [2.75, 3.05) is 5.73 Å². The van der Waals surface area contributed by atoms with Crippen LogP contribution in [0.5, 0.6) is 0 Å². The number of rotatable bonds is 4. The van der Waals surface area contributed by atoms with Crippen LogP contribution in [-0.2, 0) is 12.0 Å². The van der Waals surface area contributed by atoms with Gasteiger partial charge < -0.3 is 10.8 Å². The molecule has 0 spiro atoms. The summed E-state index contributed by atoms with van der Waals surface area (Å²) in [6.07, 6.45) is 4.44. The molecule has 0 bridgehead atoms. The van der Waals surface area contributed by atoms with Gasteiger partial charge in [0.15, 0.2) is 0 Å². The molecule has 0 aliphatic carbocycles. The molecule has 1 heterocycles. The number of hydrogen-bond acceptors (Lipinski definition) is 3. The van der Waals surface area contributed by atoms with Gasteiger partial charge in [0.1, 0.15) is 0 Å². The topological polar surface area (TPSA) is 59.1 Å². The maximum Gasteiger partial charge on any atom is 0.0935 e. The Balaban J connectivity index is 2.36. The maximum absolute atomic E-state index is 10.9. The standard InChI is InChI=1S/C15H17BrN2O/c1-2-15(19,12-4-3-5-13(16)8-12)9-11-10-18-7-6-14(11)17/h3-8,10,19H,2,9H2,1H3,(H2,17,18). The average molecular weight is 321 g/mol. The number of aliphatic hydroxyl groups is 1. The number of nitrogen functional groups attached to an aromatic ring is 1. The fourth-order valence-electron chi connectivity index (χ4n) is 2.11. The highest BCUT2D eigenvalue weighted by molar-refractivity contribution is 9.10. The van der Waals surface area contributed by atoms with Gasteiger partial charge >= 0.3 is 0 Å². The minimum atomic E-state index is -0.930. The van der Waals surface area contributed by atoms with Gasteiger partial charge in [0.05, 0.1) is 5.60 Å². The number of anilines is 1. The third-order valence-corrected chi connectivity index (χ3v) is 3.86. The van der Waals surface area contributed by atoms with Crippen LogP contribution in [0.2, 0.25) is 0 Å². The van der Waals surface area contributed by atoms with Gasteiger partial charge in [0, 0.05) is 29.0 Å². The number of pyridine rings is 1. The Morgan fingerprint density at radius 2 is 2.16 bits per heavy atom. The van der Waals surface area contributed by atoms with Crippen LogP contribution in [0, 0.1) is 0 Å². The molecule has 1 aromatic heterocycles. The molecular weight excluding hydrogens is 304 g/mol. The zero-order valence-electron chi connectivity index (χ0n) is 10.8. The highest BCUT2D eigenvalue weighted by atomic mass is 79.9. The summed E-state index contributed by atoms with van der Waals surface area (Å²) >= 11 is 3.44. The molecule has 0 aliphatic rings. The molecule has 1 aromatic carbocycles. The minimum absolute atomic E-state index is 0.458. The van der Waals surface area contributed by atoms with Crippen molar-refractivity contribution in [2.45, 2.75) is 25.4 Å². The van der Waals surface area contributed by atoms with Gasteiger partial charge in [-0.15, -0.1) is 0 Å². The third-order valence-electron chi connectivity index (χ3n) is 3.37. The normalized spacial score (nSPS) is 14.1. The molecule has 1 atom stereocenters. The Morgan fingerprint density at radius 3 is 2.79 bits per heavy atom. The van der Waals surface area contributed by atoms with Crippen LogP contribution >= 0.6 is 15.9 Å². The predicted octanol–water partition coefficient (Wildman–Crippen LogP) is 3.27. The van der Waals surface area contributed by atoms with Crippen molar-refractivity contribution >= 4 is 21.6 Å². The van der Waals surface area contributed by atoms with Crippen LogP contribution in [0.25, 0.3) is 0 Å². The SMILES string of the molecule is CCC(O)(Cc1cnccc1N)c1cccc(Br)c1. The number of hydrogen-bond donors (Lipinski definition) is 2. The molecule has 0 fully saturated rings. The van der Waals surface area contributed by atoms with Crippen LogP contribution < -0.4 is 5.73 Å². The Morgan fingerprint density at radius 1 is 1.37 bits per heavy atom. The molecular formula is C15H17BrN2O. The van der Waals surface area contributed by atoms with Gasteiger partial charge in [-0.2, -0.15) is 0 Å². The Hall–Kier alpha value is -1.39. The third kappa shape index (κ3) is 3.14. The van der Waals surface area contributed by atoms with E-state index in [1.165, 1.54) is 0 Å². The van der Waals surface area contributed by atoms with Gasteiger partial charge in [-0.1, -0.05) is 35.0 Å². The number of aromatic nitrogens is 1. The van der Waals surface area contributed by atoms with Crippen LogP contribution in [0.4, 0.5) is 5.69 Å². The van der Waals surface area contributed by atoms with Crippen molar-refractivity contribution in [1.29, 1.82) is 0 Å². The van der Waals surface area contributed by atoms with Crippen molar-refractivity contribution in [3.63, 3.8) is 0 Å². The van der Waals surface area contributed by atoms with Gasteiger partial charge in [0.2, 0.25) is 0 Å². The molecule has 2 rings (SSSR count). The number of nitrogens with zero attached hydrogens (tertiary/aromatic N) is 1. The van der Waals surface area contributed by atoms with E-state index in [-0.39, 0.29) is 0 Å². The fraction of sp³-hybridized carbons (Fsp3) is 0.267. The van der Waals surface area contributed by atoms with E-state index < -0.39 is 5.60 Å². The first-order chi connectivity index (χ1) is 9.05. The monoisotopic (exact) mass is 320 g/mol. The van der Waals surface area contributed by atoms with E-state index in [1.807, 2.05) is 31.2 Å². The van der Waals surface area contributed by atoms with Crippen molar-refractivity contribution in [2.24, 2.45) is 0 Å². The lowest BCUT2D eigenvalue weighted by Gasteiger charge is -2.28. The van der Waals surface area contributed by atoms with E-state index in [4.69, 9.17) is 5.73 Å². The Bertz CT molecular complexity index is 574. The van der Waals surface area contributed by atoms with Crippen molar-refractivity contribution in [3.05, 3.63) is 58.3 Å². The molecule has 4 heteroatoms. The largest absolute Gasteiger partial charge is 0.398 e. The van der Waals surface area contributed by atoms with Crippen molar-refractivity contribution in [1.82, 2.24) is 4.98 Å². The summed E-state index contributed by atoms with van der Waals surface area (Å²) < 4.78 is 0.955. The van der Waals surface area contributed by atoms with Gasteiger partial charge in [0.25, 0.3) is 0 Å². The zero-order chi connectivity index (χ0) is 13.9. The molecule has 0 saturated carbocycles. The van der Waals surface area contributed by atoms with E-state index in [0.29, 0.717) is 18.5 Å². The van der Waals surface area contributed by atoms with Gasteiger partial charge in [-0.3, -0.25) is 4.98 Å². The summed E-state index contributed by atoms with van der Waals surface area (Å²) in [6, 6.07) is 9.49. The highest BCUT2D eigenvalue weighted by Gasteiger charge is 2.28. The quantitative estimate of drug-likeness (QED) is 0.909. The molecule has 0 amide bonds. The van der Waals surface area contributed by atoms with E-state index in [1.54, 1.807) is 18.5 Å². The van der Waals surface area contributed by atoms with Crippen LogP contribution in [0.1, 0.15) is 24.5 Å². The molecule has 0 saturated heterocycles. The summed E-state index contributed by atoms with van der Waals surface area (Å²) in [6.45, 7) is 1.97. The minimum Gasteiger partial charge on any atom is -0.398 e. The van der Waals surface area contributed by atoms with Gasteiger partial charge in [-0.05, 0) is 35.7 Å². The summed E-state index contributed by atoms with van der Waals surface area (Å²) in [4.78, 5) is 4.07. The summed E-state index contributed by atoms with van der Waals surface area (Å²) in [5.41, 5.74) is 7.41. The number of nitrogens with two attached hydrogens (primary N) is 1.